The van der Waals surface area contributed by atoms with E-state index in [1.54, 1.807) is 31.2 Å². The van der Waals surface area contributed by atoms with Crippen LogP contribution in [0.1, 0.15) is 41.5 Å². The van der Waals surface area contributed by atoms with Gasteiger partial charge in [-0.25, -0.2) is 14.8 Å². The average molecular weight is 458 g/mol. The summed E-state index contributed by atoms with van der Waals surface area (Å²) in [4.78, 5) is 33.5. The summed E-state index contributed by atoms with van der Waals surface area (Å²) in [5.74, 6) is -0.487. The van der Waals surface area contributed by atoms with E-state index in [4.69, 9.17) is 20.9 Å². The number of anilines is 2. The number of esters is 1. The van der Waals surface area contributed by atoms with Crippen molar-refractivity contribution in [3.63, 3.8) is 0 Å². The van der Waals surface area contributed by atoms with Gasteiger partial charge in [0.25, 0.3) is 0 Å². The Labute approximate surface area is 190 Å². The Morgan fingerprint density at radius 2 is 1.81 bits per heavy atom. The van der Waals surface area contributed by atoms with Gasteiger partial charge in [-0.15, -0.1) is 0 Å². The predicted octanol–water partition coefficient (Wildman–Crippen LogP) is 4.41. The summed E-state index contributed by atoms with van der Waals surface area (Å²) >= 11 is 5.93. The maximum absolute atomic E-state index is 12.5. The molecular formula is C22H24ClN5O4. The van der Waals surface area contributed by atoms with Crippen molar-refractivity contribution in [2.45, 2.75) is 33.6 Å². The van der Waals surface area contributed by atoms with Gasteiger partial charge >= 0.3 is 5.97 Å². The van der Waals surface area contributed by atoms with Gasteiger partial charge in [-0.2, -0.15) is 0 Å². The van der Waals surface area contributed by atoms with Crippen LogP contribution in [0.15, 0.2) is 34.9 Å². The molecule has 10 heteroatoms. The Bertz CT molecular complexity index is 1080. The van der Waals surface area contributed by atoms with Crippen molar-refractivity contribution in [1.29, 1.82) is 0 Å². The van der Waals surface area contributed by atoms with Gasteiger partial charge in [-0.3, -0.25) is 10.1 Å². The smallest absolute Gasteiger partial charge is 0.346 e. The molecule has 168 valence electrons. The highest BCUT2D eigenvalue weighted by Gasteiger charge is 2.26. The van der Waals surface area contributed by atoms with Crippen LogP contribution < -0.4 is 10.6 Å². The summed E-state index contributed by atoms with van der Waals surface area (Å²) < 4.78 is 10.4. The number of hydrogen-bond donors (Lipinski definition) is 2. The maximum atomic E-state index is 12.5. The zero-order chi connectivity index (χ0) is 23.1. The Balaban J connectivity index is 1.64. The quantitative estimate of drug-likeness (QED) is 0.358. The van der Waals surface area contributed by atoms with Crippen LogP contribution >= 0.6 is 11.6 Å². The highest BCUT2D eigenvalue weighted by Crippen LogP contribution is 2.30. The van der Waals surface area contributed by atoms with E-state index in [-0.39, 0.29) is 36.1 Å². The van der Waals surface area contributed by atoms with Crippen molar-refractivity contribution >= 4 is 35.3 Å². The summed E-state index contributed by atoms with van der Waals surface area (Å²) in [6, 6.07) is 8.64. The average Bonchev–Trinajstić information content (AvgIpc) is 3.15. The fourth-order valence-corrected chi connectivity index (χ4v) is 3.14. The second kappa shape index (κ2) is 10.7. The van der Waals surface area contributed by atoms with Gasteiger partial charge in [0.05, 0.1) is 6.61 Å². The molecule has 0 atom stereocenters. The minimum absolute atomic E-state index is 0.0519. The molecule has 32 heavy (non-hydrogen) atoms. The minimum Gasteiger partial charge on any atom is -0.462 e. The van der Waals surface area contributed by atoms with Crippen LogP contribution in [-0.4, -0.2) is 40.2 Å². The van der Waals surface area contributed by atoms with Gasteiger partial charge in [0, 0.05) is 34.9 Å². The summed E-state index contributed by atoms with van der Waals surface area (Å²) in [5.41, 5.74) is 2.67. The lowest BCUT2D eigenvalue weighted by Crippen LogP contribution is -2.16. The number of nitrogens with zero attached hydrogens (tertiary/aromatic N) is 3. The van der Waals surface area contributed by atoms with Crippen molar-refractivity contribution in [2.75, 3.05) is 23.8 Å². The third-order valence-corrected chi connectivity index (χ3v) is 4.64. The van der Waals surface area contributed by atoms with Crippen molar-refractivity contribution < 1.29 is 18.8 Å². The largest absolute Gasteiger partial charge is 0.462 e. The number of hydrogen-bond acceptors (Lipinski definition) is 8. The Kier molecular flexibility index (Phi) is 7.77. The minimum atomic E-state index is -0.636. The molecule has 3 aromatic rings. The molecule has 1 amide bonds. The van der Waals surface area contributed by atoms with Crippen LogP contribution in [-0.2, 0) is 9.53 Å². The molecule has 0 saturated carbocycles. The van der Waals surface area contributed by atoms with E-state index in [1.807, 2.05) is 19.9 Å². The van der Waals surface area contributed by atoms with E-state index in [0.29, 0.717) is 29.5 Å². The number of aryl methyl sites for hydroxylation is 2. The van der Waals surface area contributed by atoms with E-state index in [9.17, 15) is 9.59 Å². The Morgan fingerprint density at radius 1 is 1.12 bits per heavy atom. The molecule has 3 rings (SSSR count). The lowest BCUT2D eigenvalue weighted by molar-refractivity contribution is -0.116. The summed E-state index contributed by atoms with van der Waals surface area (Å²) in [6.45, 7) is 6.16. The summed E-state index contributed by atoms with van der Waals surface area (Å²) in [7, 11) is 0. The van der Waals surface area contributed by atoms with E-state index in [0.717, 1.165) is 11.4 Å². The van der Waals surface area contributed by atoms with Gasteiger partial charge < -0.3 is 14.6 Å². The summed E-state index contributed by atoms with van der Waals surface area (Å²) in [5, 5.41) is 10.2. The molecule has 9 nitrogen and oxygen atoms in total. The van der Waals surface area contributed by atoms with Crippen molar-refractivity contribution in [1.82, 2.24) is 15.1 Å². The van der Waals surface area contributed by atoms with Crippen LogP contribution in [0.25, 0.3) is 11.3 Å². The molecule has 2 N–H and O–H groups in total. The lowest BCUT2D eigenvalue weighted by atomic mass is 10.1. The van der Waals surface area contributed by atoms with Crippen LogP contribution in [0.4, 0.5) is 11.8 Å². The second-order valence-electron chi connectivity index (χ2n) is 7.02. The zero-order valence-electron chi connectivity index (χ0n) is 18.1. The number of aromatic nitrogens is 3. The SMILES string of the molecule is CCOC(=O)c1c(-c2ccc(Cl)cc2)noc1NC(=O)CCCNc1nc(C)cc(C)n1. The lowest BCUT2D eigenvalue weighted by Gasteiger charge is -2.07. The first kappa shape index (κ1) is 23.2. The van der Waals surface area contributed by atoms with Crippen LogP contribution in [0.3, 0.4) is 0 Å². The first-order valence-electron chi connectivity index (χ1n) is 10.2. The van der Waals surface area contributed by atoms with Gasteiger partial charge in [0.1, 0.15) is 5.69 Å². The third kappa shape index (κ3) is 6.04. The molecule has 1 aromatic carbocycles. The number of carbonyl (C=O) groups excluding carboxylic acids is 2. The summed E-state index contributed by atoms with van der Waals surface area (Å²) in [6.07, 6.45) is 0.714. The maximum Gasteiger partial charge on any atom is 0.346 e. The standard InChI is InChI=1S/C22H24ClN5O4/c1-4-31-21(30)18-19(15-7-9-16(23)10-8-15)28-32-20(18)27-17(29)6-5-11-24-22-25-13(2)12-14(3)26-22/h7-10,12H,4-6,11H2,1-3H3,(H,27,29)(H,24,25,26). The topological polar surface area (TPSA) is 119 Å². The molecule has 0 spiro atoms. The highest BCUT2D eigenvalue weighted by atomic mass is 35.5. The molecule has 0 aliphatic carbocycles. The van der Waals surface area contributed by atoms with E-state index in [2.05, 4.69) is 25.8 Å². The van der Waals surface area contributed by atoms with E-state index in [1.165, 1.54) is 0 Å². The predicted molar refractivity (Wildman–Crippen MR) is 121 cm³/mol. The molecule has 0 aliphatic heterocycles. The molecule has 0 radical (unpaired) electrons. The Hall–Kier alpha value is -3.46. The molecule has 0 bridgehead atoms. The van der Waals surface area contributed by atoms with Gasteiger partial charge in [-0.1, -0.05) is 28.9 Å². The number of ether oxygens (including phenoxy) is 1. The molecule has 0 fully saturated rings. The molecule has 0 unspecified atom stereocenters. The first-order chi connectivity index (χ1) is 15.4. The van der Waals surface area contributed by atoms with Crippen molar-refractivity contribution in [3.8, 4) is 11.3 Å². The van der Waals surface area contributed by atoms with Crippen LogP contribution in [0.5, 0.6) is 0 Å². The molecule has 2 aromatic heterocycles. The number of nitrogens with one attached hydrogen (secondary N) is 2. The second-order valence-corrected chi connectivity index (χ2v) is 7.45. The highest BCUT2D eigenvalue weighted by molar-refractivity contribution is 6.30. The normalized spacial score (nSPS) is 10.6. The Morgan fingerprint density at radius 3 is 2.47 bits per heavy atom. The van der Waals surface area contributed by atoms with Gasteiger partial charge in [0.2, 0.25) is 17.7 Å². The number of benzene rings is 1. The van der Waals surface area contributed by atoms with E-state index < -0.39 is 5.97 Å². The molecule has 0 aliphatic rings. The fourth-order valence-electron chi connectivity index (χ4n) is 3.02. The van der Waals surface area contributed by atoms with Gasteiger partial charge in [0.15, 0.2) is 5.56 Å². The van der Waals surface area contributed by atoms with Crippen molar-refractivity contribution in [3.05, 3.63) is 52.3 Å². The monoisotopic (exact) mass is 457 g/mol. The number of halogens is 1. The zero-order valence-corrected chi connectivity index (χ0v) is 18.8. The first-order valence-corrected chi connectivity index (χ1v) is 10.5. The third-order valence-electron chi connectivity index (χ3n) is 4.39. The van der Waals surface area contributed by atoms with Gasteiger partial charge in [-0.05, 0) is 45.4 Å². The van der Waals surface area contributed by atoms with Crippen LogP contribution in [0, 0.1) is 13.8 Å². The van der Waals surface area contributed by atoms with Crippen LogP contribution in [0.2, 0.25) is 5.02 Å². The number of rotatable bonds is 9. The molecular weight excluding hydrogens is 434 g/mol. The molecule has 2 heterocycles. The van der Waals surface area contributed by atoms with E-state index >= 15 is 0 Å². The van der Waals surface area contributed by atoms with Crippen molar-refractivity contribution in [2.24, 2.45) is 0 Å². The molecule has 0 saturated heterocycles. The fraction of sp³-hybridized carbons (Fsp3) is 0.318. The number of carbonyl (C=O) groups is 2. The number of amides is 1.